The van der Waals surface area contributed by atoms with Gasteiger partial charge in [-0.3, -0.25) is 5.73 Å². The van der Waals surface area contributed by atoms with Gasteiger partial charge in [0.2, 0.25) is 5.79 Å². The number of nitrogens with two attached hydrogens (primary N) is 2. The highest BCUT2D eigenvalue weighted by molar-refractivity contribution is 5.49. The molecule has 7 heavy (non-hydrogen) atoms. The molecule has 4 N–H and O–H groups in total. The van der Waals surface area contributed by atoms with Gasteiger partial charge in [-0.05, 0) is 0 Å². The van der Waals surface area contributed by atoms with E-state index in [1.165, 1.54) is 0 Å². The van der Waals surface area contributed by atoms with E-state index in [0.717, 1.165) is 0 Å². The van der Waals surface area contributed by atoms with Crippen molar-refractivity contribution >= 4 is 6.01 Å². The molecule has 38 valence electrons. The average Bonchev–Trinajstić information content (AvgIpc) is 1.61. The zero-order chi connectivity index (χ0) is 5.33. The summed E-state index contributed by atoms with van der Waals surface area (Å²) in [6, 6.07) is 2.30. The summed E-state index contributed by atoms with van der Waals surface area (Å²) in [4.78, 5) is 7.11. The van der Waals surface area contributed by atoms with E-state index in [1.807, 2.05) is 0 Å². The van der Waals surface area contributed by atoms with Gasteiger partial charge in [0.15, 0.2) is 0 Å². The molecule has 0 aromatic rings. The highest BCUT2D eigenvalue weighted by Crippen LogP contribution is 2.05. The van der Waals surface area contributed by atoms with Crippen molar-refractivity contribution in [2.24, 2.45) is 21.5 Å². The highest BCUT2D eigenvalue weighted by Gasteiger charge is 2.23. The third-order valence-corrected chi connectivity index (χ3v) is 0.788. The number of rotatable bonds is 1. The summed E-state index contributed by atoms with van der Waals surface area (Å²) in [7, 11) is 0. The van der Waals surface area contributed by atoms with Crippen LogP contribution in [0.4, 0.5) is 0 Å². The van der Waals surface area contributed by atoms with Crippen LogP contribution in [0.3, 0.4) is 0 Å². The molecule has 0 atom stereocenters. The van der Waals surface area contributed by atoms with Gasteiger partial charge < -0.3 is 5.73 Å². The van der Waals surface area contributed by atoms with Crippen LogP contribution in [-0.2, 0) is 0 Å². The van der Waals surface area contributed by atoms with Crippen molar-refractivity contribution in [1.82, 2.24) is 0 Å². The molecule has 0 radical (unpaired) electrons. The van der Waals surface area contributed by atoms with E-state index in [2.05, 4.69) is 16.0 Å². The Morgan fingerprint density at radius 1 is 1.57 bits per heavy atom. The summed E-state index contributed by atoms with van der Waals surface area (Å²) in [6.45, 7) is 0.264. The minimum Gasteiger partial charge on any atom is -0.325 e. The monoisotopic (exact) mass is 98.1 g/mol. The van der Waals surface area contributed by atoms with E-state index in [4.69, 9.17) is 11.5 Å². The molecule has 1 aliphatic heterocycles. The molecule has 1 rings (SSSR count). The maximum atomic E-state index is 5.28. The van der Waals surface area contributed by atoms with Gasteiger partial charge in [0, 0.05) is 0 Å². The first-order valence-electron chi connectivity index (χ1n) is 1.94. The Balaban J connectivity index is 2.54. The SMILES string of the molecule is NCC1(N)N=C=N1. The molecule has 4 nitrogen and oxygen atoms in total. The minimum atomic E-state index is -0.819. The van der Waals surface area contributed by atoms with E-state index in [0.29, 0.717) is 0 Å². The van der Waals surface area contributed by atoms with Gasteiger partial charge in [0.1, 0.15) is 0 Å². The zero-order valence-corrected chi connectivity index (χ0v) is 3.76. The smallest absolute Gasteiger partial charge is 0.234 e. The Labute approximate surface area is 40.9 Å². The van der Waals surface area contributed by atoms with Gasteiger partial charge in [-0.25, -0.2) is 0 Å². The third-order valence-electron chi connectivity index (χ3n) is 0.788. The molecule has 0 aromatic carbocycles. The van der Waals surface area contributed by atoms with Crippen LogP contribution in [0.15, 0.2) is 9.98 Å². The maximum absolute atomic E-state index is 5.28. The van der Waals surface area contributed by atoms with Gasteiger partial charge in [0.05, 0.1) is 12.6 Å². The second-order valence-electron chi connectivity index (χ2n) is 1.41. The summed E-state index contributed by atoms with van der Waals surface area (Å²) in [6.07, 6.45) is 0. The fraction of sp³-hybridized carbons (Fsp3) is 0.667. The molecule has 4 heteroatoms. The zero-order valence-electron chi connectivity index (χ0n) is 3.76. The highest BCUT2D eigenvalue weighted by atomic mass is 15.3. The molecule has 0 spiro atoms. The van der Waals surface area contributed by atoms with Crippen molar-refractivity contribution in [3.63, 3.8) is 0 Å². The number of hydrogen-bond acceptors (Lipinski definition) is 4. The van der Waals surface area contributed by atoms with Crippen LogP contribution in [0, 0.1) is 0 Å². The van der Waals surface area contributed by atoms with Crippen LogP contribution in [0.25, 0.3) is 0 Å². The van der Waals surface area contributed by atoms with Gasteiger partial charge in [0.25, 0.3) is 0 Å². The Morgan fingerprint density at radius 2 is 2.14 bits per heavy atom. The number of hydrogen-bond donors (Lipinski definition) is 2. The molecule has 0 aliphatic carbocycles. The van der Waals surface area contributed by atoms with Crippen LogP contribution in [0.2, 0.25) is 0 Å². The van der Waals surface area contributed by atoms with E-state index in [9.17, 15) is 0 Å². The van der Waals surface area contributed by atoms with Crippen LogP contribution in [0.5, 0.6) is 0 Å². The standard InChI is InChI=1S/C3H6N4/c4-1-3(5)6-2-7-3/h1,4-5H2. The lowest BCUT2D eigenvalue weighted by Gasteiger charge is -2.17. The lowest BCUT2D eigenvalue weighted by molar-refractivity contribution is 0.460. The predicted molar refractivity (Wildman–Crippen MR) is 25.8 cm³/mol. The number of nitrogens with zero attached hydrogens (tertiary/aromatic N) is 2. The van der Waals surface area contributed by atoms with Crippen molar-refractivity contribution in [3.8, 4) is 0 Å². The van der Waals surface area contributed by atoms with Crippen LogP contribution in [0.1, 0.15) is 0 Å². The second kappa shape index (κ2) is 1.13. The number of aliphatic imine (C=N–C) groups is 2. The molecule has 0 aromatic heterocycles. The summed E-state index contributed by atoms with van der Waals surface area (Å²) in [5.74, 6) is -0.819. The topological polar surface area (TPSA) is 76.8 Å². The molecule has 0 saturated carbocycles. The van der Waals surface area contributed by atoms with E-state index in [-0.39, 0.29) is 6.54 Å². The largest absolute Gasteiger partial charge is 0.325 e. The van der Waals surface area contributed by atoms with Crippen LogP contribution < -0.4 is 11.5 Å². The first kappa shape index (κ1) is 4.46. The first-order chi connectivity index (χ1) is 3.27. The molecule has 0 unspecified atom stereocenters. The lowest BCUT2D eigenvalue weighted by Crippen LogP contribution is -2.46. The molecule has 1 aliphatic rings. The Kier molecular flexibility index (Phi) is 0.722. The Hall–Kier alpha value is -0.700. The van der Waals surface area contributed by atoms with Crippen molar-refractivity contribution in [2.75, 3.05) is 6.54 Å². The summed E-state index contributed by atoms with van der Waals surface area (Å²) < 4.78 is 0. The Morgan fingerprint density at radius 3 is 2.14 bits per heavy atom. The fourth-order valence-corrected chi connectivity index (χ4v) is 0.270. The van der Waals surface area contributed by atoms with Crippen LogP contribution >= 0.6 is 0 Å². The van der Waals surface area contributed by atoms with Gasteiger partial charge in [-0.2, -0.15) is 9.98 Å². The molecule has 0 fully saturated rings. The molecule has 0 amide bonds. The average molecular weight is 98.1 g/mol. The van der Waals surface area contributed by atoms with Gasteiger partial charge >= 0.3 is 0 Å². The van der Waals surface area contributed by atoms with Gasteiger partial charge in [-0.15, -0.1) is 0 Å². The summed E-state index contributed by atoms with van der Waals surface area (Å²) in [5, 5.41) is 0. The van der Waals surface area contributed by atoms with Gasteiger partial charge in [-0.1, -0.05) is 0 Å². The molecular formula is C3H6N4. The van der Waals surface area contributed by atoms with Crippen LogP contribution in [-0.4, -0.2) is 18.3 Å². The lowest BCUT2D eigenvalue weighted by atomic mass is 10.4. The first-order valence-corrected chi connectivity index (χ1v) is 1.94. The molecule has 0 bridgehead atoms. The van der Waals surface area contributed by atoms with E-state index < -0.39 is 5.79 Å². The van der Waals surface area contributed by atoms with Crippen molar-refractivity contribution in [1.29, 1.82) is 0 Å². The third kappa shape index (κ3) is 0.544. The molecule has 0 saturated heterocycles. The Bertz CT molecular complexity index is 124. The molecular weight excluding hydrogens is 92.1 g/mol. The van der Waals surface area contributed by atoms with Crippen molar-refractivity contribution in [3.05, 3.63) is 0 Å². The van der Waals surface area contributed by atoms with E-state index >= 15 is 0 Å². The van der Waals surface area contributed by atoms with E-state index in [1.54, 1.807) is 0 Å². The normalized spacial score (nSPS) is 22.0. The minimum absolute atomic E-state index is 0.264. The molecule has 1 heterocycles. The summed E-state index contributed by atoms with van der Waals surface area (Å²) >= 11 is 0. The second-order valence-corrected chi connectivity index (χ2v) is 1.41. The predicted octanol–water partition coefficient (Wildman–Crippen LogP) is -1.25. The maximum Gasteiger partial charge on any atom is 0.234 e. The van der Waals surface area contributed by atoms with Crippen molar-refractivity contribution in [2.45, 2.75) is 5.79 Å². The fourth-order valence-electron chi connectivity index (χ4n) is 0.270. The van der Waals surface area contributed by atoms with Crippen molar-refractivity contribution < 1.29 is 0 Å². The summed E-state index contributed by atoms with van der Waals surface area (Å²) in [5.41, 5.74) is 10.4. The quantitative estimate of drug-likeness (QED) is 0.429.